The molecule has 0 aliphatic carbocycles. The minimum absolute atomic E-state index is 0.0327. The Bertz CT molecular complexity index is 1280. The van der Waals surface area contributed by atoms with Crippen molar-refractivity contribution in [2.24, 2.45) is 0 Å². The molecule has 27 heavy (non-hydrogen) atoms. The highest BCUT2D eigenvalue weighted by Crippen LogP contribution is 2.25. The Balaban J connectivity index is 1.31. The van der Waals surface area contributed by atoms with Gasteiger partial charge < -0.3 is 10.3 Å². The van der Waals surface area contributed by atoms with Crippen LogP contribution < -0.4 is 5.32 Å². The number of fused-ring (bicyclic) bond motifs is 4. The number of aryl methyl sites for hydroxylation is 1. The third-order valence-electron chi connectivity index (χ3n) is 4.78. The van der Waals surface area contributed by atoms with Gasteiger partial charge in [-0.15, -0.1) is 0 Å². The molecule has 2 aromatic carbocycles. The summed E-state index contributed by atoms with van der Waals surface area (Å²) in [5, 5.41) is 13.2. The highest BCUT2D eigenvalue weighted by Gasteiger charge is 2.08. The van der Waals surface area contributed by atoms with Crippen molar-refractivity contribution in [1.29, 1.82) is 0 Å². The number of hydrogen-bond donors (Lipinski definition) is 3. The lowest BCUT2D eigenvalue weighted by atomic mass is 10.1. The Morgan fingerprint density at radius 3 is 2.85 bits per heavy atom. The summed E-state index contributed by atoms with van der Waals surface area (Å²) in [5.41, 5.74) is 4.68. The van der Waals surface area contributed by atoms with E-state index in [1.165, 1.54) is 5.39 Å². The maximum Gasteiger partial charge on any atom is 0.224 e. The molecule has 0 radical (unpaired) electrons. The number of nitrogens with zero attached hydrogens (tertiary/aromatic N) is 2. The van der Waals surface area contributed by atoms with Gasteiger partial charge in [0, 0.05) is 39.5 Å². The summed E-state index contributed by atoms with van der Waals surface area (Å²) < 4.78 is 0. The van der Waals surface area contributed by atoms with Crippen molar-refractivity contribution in [2.75, 3.05) is 5.32 Å². The van der Waals surface area contributed by atoms with Gasteiger partial charge in [-0.3, -0.25) is 14.9 Å². The summed E-state index contributed by atoms with van der Waals surface area (Å²) in [5.74, 6) is -0.0327. The largest absolute Gasteiger partial charge is 0.353 e. The van der Waals surface area contributed by atoms with Crippen molar-refractivity contribution in [3.05, 3.63) is 66.6 Å². The number of benzene rings is 2. The van der Waals surface area contributed by atoms with Gasteiger partial charge in [-0.2, -0.15) is 5.10 Å². The van der Waals surface area contributed by atoms with E-state index in [-0.39, 0.29) is 5.91 Å². The van der Waals surface area contributed by atoms with E-state index in [4.69, 9.17) is 0 Å². The molecular formula is C21H17N5O. The minimum atomic E-state index is -0.0327. The number of anilines is 1. The molecule has 0 aliphatic rings. The van der Waals surface area contributed by atoms with Crippen LogP contribution in [-0.2, 0) is 11.2 Å². The van der Waals surface area contributed by atoms with Gasteiger partial charge >= 0.3 is 0 Å². The molecule has 0 fully saturated rings. The number of carbonyl (C=O) groups excluding carboxylic acids is 1. The van der Waals surface area contributed by atoms with Crippen LogP contribution in [0.25, 0.3) is 32.7 Å². The van der Waals surface area contributed by atoms with Crippen molar-refractivity contribution >= 4 is 44.3 Å². The van der Waals surface area contributed by atoms with Crippen LogP contribution in [0.3, 0.4) is 0 Å². The third-order valence-corrected chi connectivity index (χ3v) is 4.78. The number of pyridine rings is 1. The van der Waals surface area contributed by atoms with Gasteiger partial charge in [-0.25, -0.2) is 0 Å². The average molecular weight is 355 g/mol. The van der Waals surface area contributed by atoms with E-state index in [0.29, 0.717) is 12.8 Å². The summed E-state index contributed by atoms with van der Waals surface area (Å²) in [6.07, 6.45) is 4.57. The van der Waals surface area contributed by atoms with E-state index >= 15 is 0 Å². The minimum Gasteiger partial charge on any atom is -0.353 e. The first kappa shape index (κ1) is 15.6. The predicted octanol–water partition coefficient (Wildman–Crippen LogP) is 4.16. The number of hydrogen-bond acceptors (Lipinski definition) is 3. The van der Waals surface area contributed by atoms with Gasteiger partial charge in [0.05, 0.1) is 23.4 Å². The second kappa shape index (κ2) is 6.25. The second-order valence-electron chi connectivity index (χ2n) is 6.61. The lowest BCUT2D eigenvalue weighted by Crippen LogP contribution is -2.12. The maximum atomic E-state index is 12.3. The highest BCUT2D eigenvalue weighted by molar-refractivity contribution is 6.07. The quantitative estimate of drug-likeness (QED) is 0.452. The summed E-state index contributed by atoms with van der Waals surface area (Å²) in [7, 11) is 0. The van der Waals surface area contributed by atoms with Gasteiger partial charge in [0.15, 0.2) is 0 Å². The van der Waals surface area contributed by atoms with Crippen LogP contribution in [-0.4, -0.2) is 26.1 Å². The van der Waals surface area contributed by atoms with Crippen LogP contribution in [0.5, 0.6) is 0 Å². The Hall–Kier alpha value is -3.67. The van der Waals surface area contributed by atoms with Crippen molar-refractivity contribution in [3.63, 3.8) is 0 Å². The molecule has 0 atom stereocenters. The lowest BCUT2D eigenvalue weighted by molar-refractivity contribution is -0.116. The summed E-state index contributed by atoms with van der Waals surface area (Å²) in [4.78, 5) is 20.2. The van der Waals surface area contributed by atoms with Crippen LogP contribution in [0.2, 0.25) is 0 Å². The Morgan fingerprint density at radius 2 is 1.89 bits per heavy atom. The summed E-state index contributed by atoms with van der Waals surface area (Å²) in [6, 6.07) is 16.0. The molecule has 132 valence electrons. The molecule has 3 heterocycles. The normalized spacial score (nSPS) is 11.4. The summed E-state index contributed by atoms with van der Waals surface area (Å²) >= 11 is 0. The molecule has 0 bridgehead atoms. The average Bonchev–Trinajstić information content (AvgIpc) is 3.30. The molecule has 6 nitrogen and oxygen atoms in total. The van der Waals surface area contributed by atoms with E-state index in [0.717, 1.165) is 38.7 Å². The fourth-order valence-electron chi connectivity index (χ4n) is 3.41. The first-order valence-electron chi connectivity index (χ1n) is 8.84. The Labute approximate surface area is 154 Å². The number of nitrogens with one attached hydrogen (secondary N) is 3. The molecule has 0 aliphatic heterocycles. The Morgan fingerprint density at radius 1 is 0.963 bits per heavy atom. The number of carbonyl (C=O) groups is 1. The van der Waals surface area contributed by atoms with Gasteiger partial charge in [-0.05, 0) is 36.8 Å². The van der Waals surface area contributed by atoms with E-state index < -0.39 is 0 Å². The van der Waals surface area contributed by atoms with Gasteiger partial charge in [0.2, 0.25) is 5.91 Å². The van der Waals surface area contributed by atoms with Gasteiger partial charge in [0.1, 0.15) is 0 Å². The fourth-order valence-corrected chi connectivity index (χ4v) is 3.41. The molecule has 0 unspecified atom stereocenters. The number of rotatable bonds is 4. The number of para-hydroxylation sites is 1. The molecule has 0 saturated heterocycles. The SMILES string of the molecule is O=C(CCc1cc2c(cn1)[nH]c1ccccc12)Nc1ccc2cn[nH]c2c1. The van der Waals surface area contributed by atoms with Crippen molar-refractivity contribution in [3.8, 4) is 0 Å². The molecule has 0 saturated carbocycles. The molecule has 5 aromatic rings. The van der Waals surface area contributed by atoms with Crippen LogP contribution in [0.4, 0.5) is 5.69 Å². The standard InChI is InChI=1S/C21H17N5O/c27-21(24-15-6-5-13-11-23-26-19(13)10-15)8-7-14-9-17-16-3-1-2-4-18(16)25-20(17)12-22-14/h1-6,9-12,25H,7-8H2,(H,23,26)(H,24,27). The van der Waals surface area contributed by atoms with Crippen LogP contribution in [0.1, 0.15) is 12.1 Å². The van der Waals surface area contributed by atoms with Crippen LogP contribution >= 0.6 is 0 Å². The summed E-state index contributed by atoms with van der Waals surface area (Å²) in [6.45, 7) is 0. The number of aromatic amines is 2. The predicted molar refractivity (Wildman–Crippen MR) is 107 cm³/mol. The lowest BCUT2D eigenvalue weighted by Gasteiger charge is -2.05. The zero-order chi connectivity index (χ0) is 18.2. The van der Waals surface area contributed by atoms with Crippen LogP contribution in [0.15, 0.2) is 60.9 Å². The fraction of sp³-hybridized carbons (Fsp3) is 0.0952. The van der Waals surface area contributed by atoms with E-state index in [1.54, 1.807) is 6.20 Å². The molecule has 6 heteroatoms. The maximum absolute atomic E-state index is 12.3. The molecule has 3 N–H and O–H groups in total. The first-order chi connectivity index (χ1) is 13.3. The van der Waals surface area contributed by atoms with Gasteiger partial charge in [0.25, 0.3) is 0 Å². The molecule has 1 amide bonds. The van der Waals surface area contributed by atoms with Gasteiger partial charge in [-0.1, -0.05) is 18.2 Å². The third kappa shape index (κ3) is 2.91. The molecule has 0 spiro atoms. The molecule has 5 rings (SSSR count). The monoisotopic (exact) mass is 355 g/mol. The van der Waals surface area contributed by atoms with E-state index in [2.05, 4.69) is 43.7 Å². The zero-order valence-corrected chi connectivity index (χ0v) is 14.5. The first-order valence-corrected chi connectivity index (χ1v) is 8.84. The number of amides is 1. The van der Waals surface area contributed by atoms with Crippen molar-refractivity contribution < 1.29 is 4.79 Å². The zero-order valence-electron chi connectivity index (χ0n) is 14.5. The smallest absolute Gasteiger partial charge is 0.224 e. The topological polar surface area (TPSA) is 86.5 Å². The number of H-pyrrole nitrogens is 2. The Kier molecular flexibility index (Phi) is 3.60. The number of aromatic nitrogens is 4. The molecular weight excluding hydrogens is 338 g/mol. The second-order valence-corrected chi connectivity index (χ2v) is 6.61. The van der Waals surface area contributed by atoms with E-state index in [1.807, 2.05) is 36.5 Å². The van der Waals surface area contributed by atoms with Crippen molar-refractivity contribution in [1.82, 2.24) is 20.2 Å². The molecule has 3 aromatic heterocycles. The van der Waals surface area contributed by atoms with Crippen LogP contribution in [0, 0.1) is 0 Å². The van der Waals surface area contributed by atoms with E-state index in [9.17, 15) is 4.79 Å². The highest BCUT2D eigenvalue weighted by atomic mass is 16.1. The van der Waals surface area contributed by atoms with Crippen molar-refractivity contribution in [2.45, 2.75) is 12.8 Å².